The van der Waals surface area contributed by atoms with Crippen molar-refractivity contribution in [3.63, 3.8) is 0 Å². The maximum atomic E-state index is 13.4. The highest BCUT2D eigenvalue weighted by Gasteiger charge is 2.39. The maximum Gasteiger partial charge on any atom is 0.432 e. The molecule has 24 heavy (non-hydrogen) atoms. The molecule has 0 amide bonds. The second-order valence-corrected chi connectivity index (χ2v) is 7.54. The molecule has 0 N–H and O–H groups in total. The van der Waals surface area contributed by atoms with Gasteiger partial charge in [-0.15, -0.1) is 0 Å². The molecule has 0 atom stereocenters. The zero-order chi connectivity index (χ0) is 17.7. The first-order chi connectivity index (χ1) is 11.1. The molecule has 0 fully saturated rings. The van der Waals surface area contributed by atoms with E-state index in [9.17, 15) is 21.6 Å². The van der Waals surface area contributed by atoms with Gasteiger partial charge in [0.15, 0.2) is 0 Å². The van der Waals surface area contributed by atoms with Crippen molar-refractivity contribution in [1.29, 1.82) is 0 Å². The van der Waals surface area contributed by atoms with Gasteiger partial charge in [0.05, 0.1) is 10.4 Å². The largest absolute Gasteiger partial charge is 0.432 e. The molecule has 0 bridgehead atoms. The SMILES string of the molecule is Cc1ccc(S(=O)(=O)n2c(C(F)(F)F)cc3ccc(Cl)cc32)cc1. The number of nitrogens with zero attached hydrogens (tertiary/aromatic N) is 1. The summed E-state index contributed by atoms with van der Waals surface area (Å²) in [6.07, 6.45) is -4.83. The number of benzene rings is 2. The Labute approximate surface area is 141 Å². The van der Waals surface area contributed by atoms with Crippen LogP contribution in [0.4, 0.5) is 13.2 Å². The number of hydrogen-bond acceptors (Lipinski definition) is 2. The van der Waals surface area contributed by atoms with Crippen molar-refractivity contribution in [3.8, 4) is 0 Å². The van der Waals surface area contributed by atoms with Crippen LogP contribution < -0.4 is 0 Å². The fourth-order valence-corrected chi connectivity index (χ4v) is 4.11. The van der Waals surface area contributed by atoms with Crippen LogP contribution in [-0.2, 0) is 16.2 Å². The lowest BCUT2D eigenvalue weighted by atomic mass is 10.2. The summed E-state index contributed by atoms with van der Waals surface area (Å²) in [7, 11) is -4.43. The predicted octanol–water partition coefficient (Wildman–Crippen LogP) is 4.86. The molecule has 3 aromatic rings. The number of alkyl halides is 3. The molecular formula is C16H11ClF3NO2S. The van der Waals surface area contributed by atoms with Crippen molar-refractivity contribution in [2.24, 2.45) is 0 Å². The van der Waals surface area contributed by atoms with Crippen LogP contribution >= 0.6 is 11.6 Å². The Morgan fingerprint density at radius 2 is 1.62 bits per heavy atom. The van der Waals surface area contributed by atoms with Crippen molar-refractivity contribution in [2.75, 3.05) is 0 Å². The number of fused-ring (bicyclic) bond motifs is 1. The van der Waals surface area contributed by atoms with Crippen LogP contribution in [0.5, 0.6) is 0 Å². The molecule has 0 saturated heterocycles. The summed E-state index contributed by atoms with van der Waals surface area (Å²) in [4.78, 5) is -0.226. The molecule has 0 aliphatic heterocycles. The van der Waals surface area contributed by atoms with E-state index < -0.39 is 21.9 Å². The number of rotatable bonds is 2. The Kier molecular flexibility index (Phi) is 3.88. The lowest BCUT2D eigenvalue weighted by molar-refractivity contribution is -0.141. The van der Waals surface area contributed by atoms with Crippen molar-refractivity contribution in [3.05, 3.63) is 64.8 Å². The quantitative estimate of drug-likeness (QED) is 0.643. The van der Waals surface area contributed by atoms with Crippen molar-refractivity contribution in [1.82, 2.24) is 3.97 Å². The van der Waals surface area contributed by atoms with Crippen LogP contribution in [0, 0.1) is 6.92 Å². The van der Waals surface area contributed by atoms with Gasteiger partial charge in [0.1, 0.15) is 5.69 Å². The van der Waals surface area contributed by atoms with Gasteiger partial charge in [-0.2, -0.15) is 13.2 Å². The summed E-state index contributed by atoms with van der Waals surface area (Å²) in [6.45, 7) is 1.75. The summed E-state index contributed by atoms with van der Waals surface area (Å²) < 4.78 is 66.1. The van der Waals surface area contributed by atoms with Gasteiger partial charge in [0.25, 0.3) is 10.0 Å². The maximum absolute atomic E-state index is 13.4. The van der Waals surface area contributed by atoms with Crippen LogP contribution in [0.15, 0.2) is 53.4 Å². The molecule has 2 aromatic carbocycles. The molecule has 0 radical (unpaired) electrons. The minimum absolute atomic E-state index is 0.115. The average molecular weight is 374 g/mol. The molecule has 126 valence electrons. The van der Waals surface area contributed by atoms with Gasteiger partial charge >= 0.3 is 6.18 Å². The van der Waals surface area contributed by atoms with Crippen LogP contribution in [-0.4, -0.2) is 12.4 Å². The summed E-state index contributed by atoms with van der Waals surface area (Å²) in [6, 6.07) is 10.4. The first-order valence-electron chi connectivity index (χ1n) is 6.81. The molecule has 0 aliphatic carbocycles. The highest BCUT2D eigenvalue weighted by Crippen LogP contribution is 2.37. The standard InChI is InChI=1S/C16H11ClF3NO2S/c1-10-2-6-13(7-3-10)24(22,23)21-14-9-12(17)5-4-11(14)8-15(21)16(18,19)20/h2-9H,1H3. The summed E-state index contributed by atoms with van der Waals surface area (Å²) in [5.74, 6) is 0. The minimum Gasteiger partial charge on any atom is -0.229 e. The molecule has 1 aromatic heterocycles. The number of halogens is 4. The number of aromatic nitrogens is 1. The normalized spacial score (nSPS) is 12.7. The molecule has 0 spiro atoms. The minimum atomic E-state index is -4.83. The van der Waals surface area contributed by atoms with Gasteiger partial charge in [-0.25, -0.2) is 12.4 Å². The van der Waals surface area contributed by atoms with Crippen molar-refractivity contribution in [2.45, 2.75) is 18.0 Å². The van der Waals surface area contributed by atoms with E-state index in [1.54, 1.807) is 6.92 Å². The molecule has 0 saturated carbocycles. The Bertz CT molecular complexity index is 1020. The number of aryl methyl sites for hydroxylation is 1. The first kappa shape index (κ1) is 16.9. The Hall–Kier alpha value is -1.99. The van der Waals surface area contributed by atoms with E-state index in [0.29, 0.717) is 3.97 Å². The van der Waals surface area contributed by atoms with Gasteiger partial charge < -0.3 is 0 Å². The van der Waals surface area contributed by atoms with Gasteiger partial charge in [-0.3, -0.25) is 0 Å². The average Bonchev–Trinajstić information content (AvgIpc) is 2.87. The summed E-state index contributed by atoms with van der Waals surface area (Å²) in [5, 5.41) is 0.289. The molecule has 8 heteroatoms. The van der Waals surface area contributed by atoms with Gasteiger partial charge in [0, 0.05) is 10.4 Å². The van der Waals surface area contributed by atoms with Gasteiger partial charge in [0.2, 0.25) is 0 Å². The Balaban J connectivity index is 2.38. The lowest BCUT2D eigenvalue weighted by Gasteiger charge is -2.14. The number of hydrogen-bond donors (Lipinski definition) is 0. The van der Waals surface area contributed by atoms with E-state index >= 15 is 0 Å². The third-order valence-electron chi connectivity index (χ3n) is 3.57. The van der Waals surface area contributed by atoms with E-state index in [2.05, 4.69) is 0 Å². The van der Waals surface area contributed by atoms with E-state index in [0.717, 1.165) is 11.6 Å². The zero-order valence-electron chi connectivity index (χ0n) is 12.3. The van der Waals surface area contributed by atoms with E-state index in [4.69, 9.17) is 11.6 Å². The highest BCUT2D eigenvalue weighted by molar-refractivity contribution is 7.90. The fraction of sp³-hybridized carbons (Fsp3) is 0.125. The molecule has 0 unspecified atom stereocenters. The topological polar surface area (TPSA) is 39.1 Å². The van der Waals surface area contributed by atoms with E-state index in [1.807, 2.05) is 0 Å². The van der Waals surface area contributed by atoms with E-state index in [-0.39, 0.29) is 20.8 Å². The van der Waals surface area contributed by atoms with E-state index in [1.165, 1.54) is 42.5 Å². The van der Waals surface area contributed by atoms with Gasteiger partial charge in [-0.05, 0) is 37.3 Å². The molecule has 3 nitrogen and oxygen atoms in total. The van der Waals surface area contributed by atoms with Crippen LogP contribution in [0.1, 0.15) is 11.3 Å². The monoisotopic (exact) mass is 373 g/mol. The summed E-state index contributed by atoms with van der Waals surface area (Å²) >= 11 is 5.84. The van der Waals surface area contributed by atoms with Gasteiger partial charge in [-0.1, -0.05) is 35.4 Å². The van der Waals surface area contributed by atoms with Crippen molar-refractivity contribution >= 4 is 32.5 Å². The van der Waals surface area contributed by atoms with Crippen molar-refractivity contribution < 1.29 is 21.6 Å². The Morgan fingerprint density at radius 1 is 1.00 bits per heavy atom. The van der Waals surface area contributed by atoms with Crippen LogP contribution in [0.25, 0.3) is 10.9 Å². The molecule has 1 heterocycles. The molecule has 0 aliphatic rings. The van der Waals surface area contributed by atoms with Crippen LogP contribution in [0.3, 0.4) is 0 Å². The third-order valence-corrected chi connectivity index (χ3v) is 5.55. The lowest BCUT2D eigenvalue weighted by Crippen LogP contribution is -2.20. The highest BCUT2D eigenvalue weighted by atomic mass is 35.5. The first-order valence-corrected chi connectivity index (χ1v) is 8.63. The predicted molar refractivity (Wildman–Crippen MR) is 85.7 cm³/mol. The van der Waals surface area contributed by atoms with Crippen LogP contribution in [0.2, 0.25) is 5.02 Å². The molecular weight excluding hydrogens is 363 g/mol. The Morgan fingerprint density at radius 3 is 2.21 bits per heavy atom. The second-order valence-electron chi connectivity index (χ2n) is 5.31. The second kappa shape index (κ2) is 5.53. The molecule has 3 rings (SSSR count). The smallest absolute Gasteiger partial charge is 0.229 e. The third kappa shape index (κ3) is 2.78. The summed E-state index contributed by atoms with van der Waals surface area (Å²) in [5.41, 5.74) is -0.582. The fourth-order valence-electron chi connectivity index (χ4n) is 2.42. The zero-order valence-corrected chi connectivity index (χ0v) is 13.9.